The molecule has 0 amide bonds. The first-order chi connectivity index (χ1) is 7.03. The Balaban J connectivity index is 2.16. The van der Waals surface area contributed by atoms with Crippen LogP contribution in [-0.2, 0) is 4.74 Å². The van der Waals surface area contributed by atoms with Crippen LogP contribution in [0.25, 0.3) is 0 Å². The second kappa shape index (κ2) is 5.83. The zero-order chi connectivity index (χ0) is 11.3. The van der Waals surface area contributed by atoms with Crippen LogP contribution in [0.1, 0.15) is 33.6 Å². The minimum absolute atomic E-state index is 0.0621. The molecule has 1 rings (SSSR count). The number of rotatable bonds is 5. The van der Waals surface area contributed by atoms with E-state index in [-0.39, 0.29) is 5.60 Å². The minimum Gasteiger partial charge on any atom is -0.375 e. The molecule has 15 heavy (non-hydrogen) atoms. The SMILES string of the molecule is CCN(C)CCNC1CCOC(C)(C)C1. The Morgan fingerprint density at radius 1 is 1.47 bits per heavy atom. The maximum absolute atomic E-state index is 5.69. The van der Waals surface area contributed by atoms with Crippen molar-refractivity contribution in [3.63, 3.8) is 0 Å². The molecule has 3 nitrogen and oxygen atoms in total. The third-order valence-corrected chi connectivity index (χ3v) is 3.16. The van der Waals surface area contributed by atoms with E-state index < -0.39 is 0 Å². The van der Waals surface area contributed by atoms with Crippen molar-refractivity contribution >= 4 is 0 Å². The van der Waals surface area contributed by atoms with Gasteiger partial charge in [0.15, 0.2) is 0 Å². The normalized spacial score (nSPS) is 25.8. The quantitative estimate of drug-likeness (QED) is 0.750. The summed E-state index contributed by atoms with van der Waals surface area (Å²) >= 11 is 0. The summed E-state index contributed by atoms with van der Waals surface area (Å²) in [7, 11) is 2.16. The van der Waals surface area contributed by atoms with Crippen LogP contribution >= 0.6 is 0 Å². The van der Waals surface area contributed by atoms with Gasteiger partial charge in [-0.05, 0) is 40.3 Å². The molecule has 1 N–H and O–H groups in total. The van der Waals surface area contributed by atoms with Crippen molar-refractivity contribution in [2.45, 2.75) is 45.3 Å². The molecule has 0 saturated carbocycles. The highest BCUT2D eigenvalue weighted by Crippen LogP contribution is 2.23. The second-order valence-corrected chi connectivity index (χ2v) is 5.15. The topological polar surface area (TPSA) is 24.5 Å². The highest BCUT2D eigenvalue weighted by molar-refractivity contribution is 4.82. The summed E-state index contributed by atoms with van der Waals surface area (Å²) < 4.78 is 5.69. The van der Waals surface area contributed by atoms with Gasteiger partial charge in [0.05, 0.1) is 5.60 Å². The maximum Gasteiger partial charge on any atom is 0.0641 e. The zero-order valence-corrected chi connectivity index (χ0v) is 10.7. The first-order valence-corrected chi connectivity index (χ1v) is 6.09. The molecule has 1 aliphatic rings. The number of hydrogen-bond donors (Lipinski definition) is 1. The zero-order valence-electron chi connectivity index (χ0n) is 10.7. The Labute approximate surface area is 94.2 Å². The molecule has 1 atom stereocenters. The summed E-state index contributed by atoms with van der Waals surface area (Å²) in [5.41, 5.74) is 0.0621. The number of hydrogen-bond acceptors (Lipinski definition) is 3. The fourth-order valence-electron chi connectivity index (χ4n) is 2.02. The van der Waals surface area contributed by atoms with Crippen LogP contribution in [-0.4, -0.2) is 49.8 Å². The van der Waals surface area contributed by atoms with Crippen LogP contribution in [0.5, 0.6) is 0 Å². The molecule has 1 aliphatic heterocycles. The molecule has 3 heteroatoms. The summed E-state index contributed by atoms with van der Waals surface area (Å²) in [4.78, 5) is 2.33. The van der Waals surface area contributed by atoms with E-state index in [0.29, 0.717) is 6.04 Å². The van der Waals surface area contributed by atoms with Crippen molar-refractivity contribution in [1.29, 1.82) is 0 Å². The van der Waals surface area contributed by atoms with Crippen molar-refractivity contribution < 1.29 is 4.74 Å². The van der Waals surface area contributed by atoms with E-state index >= 15 is 0 Å². The minimum atomic E-state index is 0.0621. The summed E-state index contributed by atoms with van der Waals surface area (Å²) in [5.74, 6) is 0. The Bertz CT molecular complexity index is 182. The van der Waals surface area contributed by atoms with E-state index in [2.05, 4.69) is 38.0 Å². The monoisotopic (exact) mass is 214 g/mol. The summed E-state index contributed by atoms with van der Waals surface area (Å²) in [5, 5.41) is 3.62. The van der Waals surface area contributed by atoms with Gasteiger partial charge in [-0.3, -0.25) is 0 Å². The fraction of sp³-hybridized carbons (Fsp3) is 1.00. The van der Waals surface area contributed by atoms with Crippen molar-refractivity contribution in [3.8, 4) is 0 Å². The Morgan fingerprint density at radius 2 is 2.20 bits per heavy atom. The Morgan fingerprint density at radius 3 is 2.80 bits per heavy atom. The molecule has 0 bridgehead atoms. The van der Waals surface area contributed by atoms with Crippen molar-refractivity contribution in [1.82, 2.24) is 10.2 Å². The standard InChI is InChI=1S/C12H26N2O/c1-5-14(4)8-7-13-11-6-9-15-12(2,3)10-11/h11,13H,5-10H2,1-4H3. The molecule has 90 valence electrons. The van der Waals surface area contributed by atoms with Gasteiger partial charge in [0.1, 0.15) is 0 Å². The van der Waals surface area contributed by atoms with Gasteiger partial charge in [-0.25, -0.2) is 0 Å². The molecule has 1 saturated heterocycles. The molecular weight excluding hydrogens is 188 g/mol. The van der Waals surface area contributed by atoms with Crippen LogP contribution < -0.4 is 5.32 Å². The number of ether oxygens (including phenoxy) is 1. The summed E-state index contributed by atoms with van der Waals surface area (Å²) in [6.07, 6.45) is 2.28. The molecule has 0 aromatic rings. The van der Waals surface area contributed by atoms with E-state index in [1.165, 1.54) is 0 Å². The van der Waals surface area contributed by atoms with Crippen LogP contribution in [0.2, 0.25) is 0 Å². The molecule has 0 radical (unpaired) electrons. The van der Waals surface area contributed by atoms with Gasteiger partial charge in [0.25, 0.3) is 0 Å². The lowest BCUT2D eigenvalue weighted by molar-refractivity contribution is -0.0628. The van der Waals surface area contributed by atoms with Crippen molar-refractivity contribution in [3.05, 3.63) is 0 Å². The third-order valence-electron chi connectivity index (χ3n) is 3.16. The van der Waals surface area contributed by atoms with Gasteiger partial charge >= 0.3 is 0 Å². The number of nitrogens with zero attached hydrogens (tertiary/aromatic N) is 1. The number of nitrogens with one attached hydrogen (secondary N) is 1. The van der Waals surface area contributed by atoms with Crippen molar-refractivity contribution in [2.24, 2.45) is 0 Å². The molecule has 1 fully saturated rings. The molecule has 1 heterocycles. The molecular formula is C12H26N2O. The van der Waals surface area contributed by atoms with Crippen LogP contribution in [0.15, 0.2) is 0 Å². The van der Waals surface area contributed by atoms with Crippen LogP contribution in [0.3, 0.4) is 0 Å². The largest absolute Gasteiger partial charge is 0.375 e. The Hall–Kier alpha value is -0.120. The van der Waals surface area contributed by atoms with E-state index in [1.54, 1.807) is 0 Å². The first-order valence-electron chi connectivity index (χ1n) is 6.09. The van der Waals surface area contributed by atoms with Gasteiger partial charge in [0.2, 0.25) is 0 Å². The van der Waals surface area contributed by atoms with Gasteiger partial charge in [-0.2, -0.15) is 0 Å². The average Bonchev–Trinajstić information content (AvgIpc) is 2.16. The van der Waals surface area contributed by atoms with Crippen LogP contribution in [0.4, 0.5) is 0 Å². The number of likely N-dealkylation sites (N-methyl/N-ethyl adjacent to an activating group) is 1. The third kappa shape index (κ3) is 4.96. The van der Waals surface area contributed by atoms with Gasteiger partial charge in [-0.15, -0.1) is 0 Å². The van der Waals surface area contributed by atoms with Crippen molar-refractivity contribution in [2.75, 3.05) is 33.3 Å². The van der Waals surface area contributed by atoms with E-state index in [0.717, 1.165) is 39.1 Å². The van der Waals surface area contributed by atoms with Crippen LogP contribution in [0, 0.1) is 0 Å². The van der Waals surface area contributed by atoms with E-state index in [4.69, 9.17) is 4.74 Å². The lowest BCUT2D eigenvalue weighted by Gasteiger charge is -2.36. The van der Waals surface area contributed by atoms with Gasteiger partial charge in [0, 0.05) is 25.7 Å². The summed E-state index contributed by atoms with van der Waals surface area (Å²) in [6, 6.07) is 0.638. The predicted octanol–water partition coefficient (Wildman–Crippen LogP) is 1.49. The van der Waals surface area contributed by atoms with Gasteiger partial charge in [-0.1, -0.05) is 6.92 Å². The fourth-order valence-corrected chi connectivity index (χ4v) is 2.02. The molecule has 0 aliphatic carbocycles. The molecule has 0 aromatic heterocycles. The highest BCUT2D eigenvalue weighted by Gasteiger charge is 2.28. The molecule has 1 unspecified atom stereocenters. The molecule has 0 spiro atoms. The van der Waals surface area contributed by atoms with E-state index in [9.17, 15) is 0 Å². The first kappa shape index (κ1) is 12.9. The lowest BCUT2D eigenvalue weighted by Crippen LogP contribution is -2.45. The highest BCUT2D eigenvalue weighted by atomic mass is 16.5. The average molecular weight is 214 g/mol. The Kier molecular flexibility index (Phi) is 5.03. The van der Waals surface area contributed by atoms with E-state index in [1.807, 2.05) is 0 Å². The smallest absolute Gasteiger partial charge is 0.0641 e. The predicted molar refractivity (Wildman–Crippen MR) is 64.2 cm³/mol. The summed E-state index contributed by atoms with van der Waals surface area (Å²) in [6.45, 7) is 10.8. The molecule has 0 aromatic carbocycles. The lowest BCUT2D eigenvalue weighted by atomic mass is 9.94. The maximum atomic E-state index is 5.69. The second-order valence-electron chi connectivity index (χ2n) is 5.15. The van der Waals surface area contributed by atoms with Gasteiger partial charge < -0.3 is 15.0 Å².